The Balaban J connectivity index is 1.72. The number of hydrazine groups is 1. The molecule has 0 radical (unpaired) electrons. The Bertz CT molecular complexity index is 1480. The molecule has 1 unspecified atom stereocenters. The fraction of sp³-hybridized carbons (Fsp3) is 0.308. The molecular formula is C26H25F4N5O7. The summed E-state index contributed by atoms with van der Waals surface area (Å²) in [5, 5.41) is 2.24. The van der Waals surface area contributed by atoms with Gasteiger partial charge in [0.15, 0.2) is 29.1 Å². The Morgan fingerprint density at radius 1 is 1.12 bits per heavy atom. The van der Waals surface area contributed by atoms with Gasteiger partial charge in [0.05, 0.1) is 6.61 Å². The van der Waals surface area contributed by atoms with Gasteiger partial charge in [-0.1, -0.05) is 6.07 Å². The van der Waals surface area contributed by atoms with Crippen molar-refractivity contribution in [2.24, 2.45) is 17.5 Å². The molecule has 0 spiro atoms. The number of benzene rings is 2. The van der Waals surface area contributed by atoms with E-state index in [1.807, 2.05) is 0 Å². The van der Waals surface area contributed by atoms with E-state index in [0.29, 0.717) is 6.07 Å². The van der Waals surface area contributed by atoms with Gasteiger partial charge >= 0.3 is 12.7 Å². The van der Waals surface area contributed by atoms with Crippen LogP contribution in [0.25, 0.3) is 11.5 Å². The molecule has 3 aromatic rings. The monoisotopic (exact) mass is 595 g/mol. The lowest BCUT2D eigenvalue weighted by Crippen LogP contribution is -2.43. The van der Waals surface area contributed by atoms with Crippen molar-refractivity contribution in [2.45, 2.75) is 38.5 Å². The second-order valence-electron chi connectivity index (χ2n) is 9.19. The van der Waals surface area contributed by atoms with Gasteiger partial charge in [-0.25, -0.2) is 24.4 Å². The summed E-state index contributed by atoms with van der Waals surface area (Å²) in [6, 6.07) is 4.35. The van der Waals surface area contributed by atoms with Crippen molar-refractivity contribution in [3.63, 3.8) is 0 Å². The highest BCUT2D eigenvalue weighted by atomic mass is 19.3. The van der Waals surface area contributed by atoms with Gasteiger partial charge in [-0.15, -0.1) is 0 Å². The fourth-order valence-corrected chi connectivity index (χ4v) is 3.86. The first kappa shape index (κ1) is 30.1. The number of ether oxygens (including phenoxy) is 3. The Morgan fingerprint density at radius 3 is 2.48 bits per heavy atom. The Morgan fingerprint density at radius 2 is 1.86 bits per heavy atom. The van der Waals surface area contributed by atoms with Crippen LogP contribution >= 0.6 is 0 Å². The summed E-state index contributed by atoms with van der Waals surface area (Å²) in [7, 11) is 0. The van der Waals surface area contributed by atoms with Gasteiger partial charge in [-0.2, -0.15) is 8.78 Å². The number of carbonyl (C=O) groups is 3. The molecule has 16 heteroatoms. The highest BCUT2D eigenvalue weighted by Crippen LogP contribution is 2.37. The zero-order valence-corrected chi connectivity index (χ0v) is 21.9. The first-order chi connectivity index (χ1) is 20.0. The molecule has 3 amide bonds. The van der Waals surface area contributed by atoms with E-state index in [1.165, 1.54) is 25.1 Å². The van der Waals surface area contributed by atoms with Gasteiger partial charge in [0.25, 0.3) is 11.8 Å². The zero-order chi connectivity index (χ0) is 30.6. The third-order valence-corrected chi connectivity index (χ3v) is 6.06. The number of alkyl halides is 2. The number of aromatic nitrogens is 1. The molecule has 1 heterocycles. The molecule has 42 heavy (non-hydrogen) atoms. The van der Waals surface area contributed by atoms with Crippen LogP contribution in [0.5, 0.6) is 11.5 Å². The van der Waals surface area contributed by atoms with E-state index >= 15 is 0 Å². The molecule has 1 aromatic heterocycles. The summed E-state index contributed by atoms with van der Waals surface area (Å²) >= 11 is 0. The van der Waals surface area contributed by atoms with Gasteiger partial charge < -0.3 is 29.7 Å². The Kier molecular flexibility index (Phi) is 9.15. The van der Waals surface area contributed by atoms with Crippen LogP contribution in [0.2, 0.25) is 0 Å². The molecule has 1 aliphatic carbocycles. The van der Waals surface area contributed by atoms with E-state index < -0.39 is 59.6 Å². The number of nitrogens with two attached hydrogens (primary N) is 2. The van der Waals surface area contributed by atoms with Crippen molar-refractivity contribution in [2.75, 3.05) is 6.61 Å². The minimum absolute atomic E-state index is 0.0432. The first-order valence-corrected chi connectivity index (χ1v) is 12.4. The van der Waals surface area contributed by atoms with Crippen molar-refractivity contribution in [1.29, 1.82) is 0 Å². The van der Waals surface area contributed by atoms with Crippen LogP contribution in [0, 0.1) is 17.6 Å². The maximum atomic E-state index is 14.5. The van der Waals surface area contributed by atoms with Gasteiger partial charge in [-0.05, 0) is 49.9 Å². The number of hydrogen-bond donors (Lipinski definition) is 4. The number of carbonyl (C=O) groups excluding carboxylic acids is 3. The maximum Gasteiger partial charge on any atom is 0.405 e. The van der Waals surface area contributed by atoms with Crippen molar-refractivity contribution in [3.8, 4) is 23.0 Å². The number of amides is 3. The predicted molar refractivity (Wildman–Crippen MR) is 135 cm³/mol. The van der Waals surface area contributed by atoms with Gasteiger partial charge in [0.2, 0.25) is 5.89 Å². The maximum absolute atomic E-state index is 14.5. The van der Waals surface area contributed by atoms with Crippen molar-refractivity contribution < 1.29 is 50.6 Å². The lowest BCUT2D eigenvalue weighted by Gasteiger charge is -2.18. The highest BCUT2D eigenvalue weighted by molar-refractivity contribution is 5.97. The average Bonchev–Trinajstić information content (AvgIpc) is 3.65. The zero-order valence-electron chi connectivity index (χ0n) is 21.9. The third kappa shape index (κ3) is 7.25. The van der Waals surface area contributed by atoms with Crippen LogP contribution in [0.15, 0.2) is 40.8 Å². The number of oxazole rings is 1. The lowest BCUT2D eigenvalue weighted by atomic mass is 10.0. The molecule has 1 saturated carbocycles. The molecule has 0 aliphatic heterocycles. The van der Waals surface area contributed by atoms with E-state index in [-0.39, 0.29) is 41.2 Å². The van der Waals surface area contributed by atoms with E-state index in [0.717, 1.165) is 25.0 Å². The highest BCUT2D eigenvalue weighted by Gasteiger charge is 2.32. The standard InChI is InChI=1S/C26H25F4N5O7/c1-11(40-26(31)38)21-20(22(36)33-19(23(37)35-32)15-6-5-14(27)9-16(15)28)34-24(42-21)13-4-7-17(41-25(29)30)18(8-13)39-10-12-2-3-12/h4-9,11-12,19,25H,2-3,10,32H2,1H3,(H2,31,38)(H,33,36)(H,35,37)/t11-,19?/m0/s1. The average molecular weight is 596 g/mol. The number of primary amides is 1. The second-order valence-corrected chi connectivity index (χ2v) is 9.19. The number of hydrogen-bond acceptors (Lipinski definition) is 9. The van der Waals surface area contributed by atoms with Crippen LogP contribution in [0.3, 0.4) is 0 Å². The van der Waals surface area contributed by atoms with E-state index in [1.54, 1.807) is 5.43 Å². The van der Waals surface area contributed by atoms with Crippen LogP contribution in [0.4, 0.5) is 22.4 Å². The molecule has 224 valence electrons. The number of nitrogens with one attached hydrogen (secondary N) is 2. The molecule has 0 bridgehead atoms. The van der Waals surface area contributed by atoms with Crippen LogP contribution in [-0.2, 0) is 9.53 Å². The van der Waals surface area contributed by atoms with E-state index in [4.69, 9.17) is 25.5 Å². The largest absolute Gasteiger partial charge is 0.489 e. The SMILES string of the molecule is C[C@H](OC(N)=O)c1oc(-c2ccc(OC(F)F)c(OCC3CC3)c2)nc1C(=O)NC(C(=O)NN)c1ccc(F)cc1F. The predicted octanol–water partition coefficient (Wildman–Crippen LogP) is 3.63. The fourth-order valence-electron chi connectivity index (χ4n) is 3.86. The molecule has 6 N–H and O–H groups in total. The van der Waals surface area contributed by atoms with Gasteiger partial charge in [0.1, 0.15) is 17.7 Å². The summed E-state index contributed by atoms with van der Waals surface area (Å²) in [6.07, 6.45) is -0.657. The van der Waals surface area contributed by atoms with Gasteiger partial charge in [0, 0.05) is 17.2 Å². The summed E-state index contributed by atoms with van der Waals surface area (Å²) in [4.78, 5) is 41.4. The summed E-state index contributed by atoms with van der Waals surface area (Å²) in [6.45, 7) is -1.57. The quantitative estimate of drug-likeness (QED) is 0.105. The summed E-state index contributed by atoms with van der Waals surface area (Å²) in [5.74, 6) is 0.343. The number of nitrogens with zero attached hydrogens (tertiary/aromatic N) is 1. The second kappa shape index (κ2) is 12.8. The van der Waals surface area contributed by atoms with E-state index in [2.05, 4.69) is 15.0 Å². The van der Waals surface area contributed by atoms with Crippen LogP contribution in [-0.4, -0.2) is 36.1 Å². The molecule has 0 saturated heterocycles. The van der Waals surface area contributed by atoms with Crippen LogP contribution < -0.4 is 31.8 Å². The van der Waals surface area contributed by atoms with Gasteiger partial charge in [-0.3, -0.25) is 15.0 Å². The molecule has 4 rings (SSSR count). The minimum Gasteiger partial charge on any atom is -0.489 e. The third-order valence-electron chi connectivity index (χ3n) is 6.06. The lowest BCUT2D eigenvalue weighted by molar-refractivity contribution is -0.123. The molecule has 2 atom stereocenters. The number of halogens is 4. The Hall–Kier alpha value is -4.86. The minimum atomic E-state index is -3.13. The molecule has 2 aromatic carbocycles. The normalized spacial score (nSPS) is 14.2. The van der Waals surface area contributed by atoms with Crippen molar-refractivity contribution >= 4 is 17.9 Å². The summed E-state index contributed by atoms with van der Waals surface area (Å²) < 4.78 is 74.7. The first-order valence-electron chi connectivity index (χ1n) is 12.4. The number of rotatable bonds is 12. The van der Waals surface area contributed by atoms with Crippen molar-refractivity contribution in [1.82, 2.24) is 15.7 Å². The Labute approximate surface area is 235 Å². The van der Waals surface area contributed by atoms with Crippen molar-refractivity contribution in [3.05, 3.63) is 65.1 Å². The topological polar surface area (TPSA) is 181 Å². The molecule has 1 aliphatic rings. The molecule has 12 nitrogen and oxygen atoms in total. The molecular weight excluding hydrogens is 570 g/mol. The van der Waals surface area contributed by atoms with Crippen LogP contribution in [0.1, 0.15) is 53.7 Å². The smallest absolute Gasteiger partial charge is 0.405 e. The molecule has 1 fully saturated rings. The summed E-state index contributed by atoms with van der Waals surface area (Å²) in [5.41, 5.74) is 6.10. The van der Waals surface area contributed by atoms with E-state index in [9.17, 15) is 31.9 Å².